The highest BCUT2D eigenvalue weighted by molar-refractivity contribution is 4.57. The van der Waals surface area contributed by atoms with Gasteiger partial charge in [-0.05, 0) is 25.7 Å². The summed E-state index contributed by atoms with van der Waals surface area (Å²) in [5.74, 6) is 0. The van der Waals surface area contributed by atoms with Gasteiger partial charge >= 0.3 is 0 Å². The lowest BCUT2D eigenvalue weighted by molar-refractivity contribution is 0.147. The largest absolute Gasteiger partial charge is 0.396 e. The third-order valence-corrected chi connectivity index (χ3v) is 3.64. The number of unbranched alkanes of at least 4 members (excludes halogenated alkanes) is 9. The van der Waals surface area contributed by atoms with E-state index in [0.29, 0.717) is 13.2 Å². The van der Waals surface area contributed by atoms with Gasteiger partial charge in [-0.25, -0.2) is 0 Å². The first-order valence-electron chi connectivity index (χ1n) is 8.21. The fourth-order valence-corrected chi connectivity index (χ4v) is 2.37. The molecule has 0 aliphatic carbocycles. The molecule has 0 bridgehead atoms. The Hall–Kier alpha value is -0.120. The lowest BCUT2D eigenvalue weighted by atomic mass is 10.0. The molecule has 0 saturated heterocycles. The van der Waals surface area contributed by atoms with E-state index in [1.807, 2.05) is 0 Å². The predicted molar refractivity (Wildman–Crippen MR) is 80.2 cm³/mol. The highest BCUT2D eigenvalue weighted by atomic mass is 16.3. The Balaban J connectivity index is 3.10. The van der Waals surface area contributed by atoms with Crippen LogP contribution in [0.4, 0.5) is 0 Å². The van der Waals surface area contributed by atoms with Crippen LogP contribution < -0.4 is 0 Å². The van der Waals surface area contributed by atoms with E-state index in [-0.39, 0.29) is 6.10 Å². The Morgan fingerprint density at radius 3 is 1.16 bits per heavy atom. The summed E-state index contributed by atoms with van der Waals surface area (Å²) in [6.07, 6.45) is 14.1. The van der Waals surface area contributed by atoms with Gasteiger partial charge in [0.05, 0.1) is 6.10 Å². The normalized spacial score (nSPS) is 12.8. The van der Waals surface area contributed by atoms with Crippen molar-refractivity contribution in [1.29, 1.82) is 0 Å². The highest BCUT2D eigenvalue weighted by Gasteiger charge is 2.03. The van der Waals surface area contributed by atoms with Gasteiger partial charge in [0.25, 0.3) is 0 Å². The van der Waals surface area contributed by atoms with Crippen LogP contribution in [0.25, 0.3) is 0 Å². The van der Waals surface area contributed by atoms with Gasteiger partial charge in [0.15, 0.2) is 0 Å². The van der Waals surface area contributed by atoms with Gasteiger partial charge in [-0.1, -0.05) is 57.8 Å². The minimum Gasteiger partial charge on any atom is -0.396 e. The van der Waals surface area contributed by atoms with E-state index < -0.39 is 0 Å². The molecule has 0 aromatic carbocycles. The van der Waals surface area contributed by atoms with Crippen molar-refractivity contribution in [3.8, 4) is 0 Å². The summed E-state index contributed by atoms with van der Waals surface area (Å²) in [5.41, 5.74) is 0. The Labute approximate surface area is 119 Å². The zero-order valence-corrected chi connectivity index (χ0v) is 12.5. The molecule has 0 spiro atoms. The fraction of sp³-hybridized carbons (Fsp3) is 1.00. The average Bonchev–Trinajstić information content (AvgIpc) is 2.41. The number of hydrogen-bond acceptors (Lipinski definition) is 3. The maximum absolute atomic E-state index is 9.82. The predicted octanol–water partition coefficient (Wildman–Crippen LogP) is 3.40. The van der Waals surface area contributed by atoms with Crippen molar-refractivity contribution in [3.63, 3.8) is 0 Å². The first kappa shape index (κ1) is 18.9. The van der Waals surface area contributed by atoms with Crippen molar-refractivity contribution in [2.45, 2.75) is 89.6 Å². The molecule has 0 amide bonds. The van der Waals surface area contributed by atoms with Gasteiger partial charge in [-0.3, -0.25) is 0 Å². The SMILES string of the molecule is OCCCCCCCCC(O)CCCCCCCO. The van der Waals surface area contributed by atoms with Crippen LogP contribution in [0.5, 0.6) is 0 Å². The molecule has 0 aliphatic rings. The maximum Gasteiger partial charge on any atom is 0.0540 e. The lowest BCUT2D eigenvalue weighted by Gasteiger charge is -2.10. The van der Waals surface area contributed by atoms with Crippen molar-refractivity contribution in [1.82, 2.24) is 0 Å². The zero-order chi connectivity index (χ0) is 14.2. The molecule has 0 heterocycles. The topological polar surface area (TPSA) is 60.7 Å². The van der Waals surface area contributed by atoms with E-state index in [2.05, 4.69) is 0 Å². The van der Waals surface area contributed by atoms with E-state index in [0.717, 1.165) is 51.4 Å². The zero-order valence-electron chi connectivity index (χ0n) is 12.5. The molecule has 0 aliphatic heterocycles. The van der Waals surface area contributed by atoms with Crippen molar-refractivity contribution in [3.05, 3.63) is 0 Å². The Bertz CT molecular complexity index is 162. The summed E-state index contributed by atoms with van der Waals surface area (Å²) in [5, 5.41) is 27.1. The summed E-state index contributed by atoms with van der Waals surface area (Å²) in [6.45, 7) is 0.623. The molecule has 0 radical (unpaired) electrons. The van der Waals surface area contributed by atoms with E-state index >= 15 is 0 Å². The van der Waals surface area contributed by atoms with Gasteiger partial charge in [-0.15, -0.1) is 0 Å². The molecule has 116 valence electrons. The number of hydrogen-bond donors (Lipinski definition) is 3. The Morgan fingerprint density at radius 1 is 0.474 bits per heavy atom. The van der Waals surface area contributed by atoms with Crippen molar-refractivity contribution >= 4 is 0 Å². The van der Waals surface area contributed by atoms with E-state index in [9.17, 15) is 5.11 Å². The second kappa shape index (κ2) is 15.9. The Morgan fingerprint density at radius 2 is 0.789 bits per heavy atom. The molecule has 0 aromatic rings. The summed E-state index contributed by atoms with van der Waals surface area (Å²) < 4.78 is 0. The van der Waals surface area contributed by atoms with Crippen molar-refractivity contribution < 1.29 is 15.3 Å². The smallest absolute Gasteiger partial charge is 0.0540 e. The van der Waals surface area contributed by atoms with Crippen LogP contribution in [0.2, 0.25) is 0 Å². The standard InChI is InChI=1S/C16H34O3/c17-14-10-6-2-1-4-8-12-16(19)13-9-5-3-7-11-15-18/h16-19H,1-15H2. The van der Waals surface area contributed by atoms with Gasteiger partial charge in [0, 0.05) is 13.2 Å². The molecule has 3 N–H and O–H groups in total. The van der Waals surface area contributed by atoms with Gasteiger partial charge in [0.2, 0.25) is 0 Å². The Kier molecular flexibility index (Phi) is 15.8. The van der Waals surface area contributed by atoms with Crippen LogP contribution >= 0.6 is 0 Å². The quantitative estimate of drug-likeness (QED) is 0.401. The average molecular weight is 274 g/mol. The van der Waals surface area contributed by atoms with Crippen molar-refractivity contribution in [2.75, 3.05) is 13.2 Å². The van der Waals surface area contributed by atoms with E-state index in [1.54, 1.807) is 0 Å². The van der Waals surface area contributed by atoms with Crippen LogP contribution in [-0.2, 0) is 0 Å². The molecule has 19 heavy (non-hydrogen) atoms. The van der Waals surface area contributed by atoms with E-state index in [4.69, 9.17) is 10.2 Å². The number of rotatable bonds is 15. The summed E-state index contributed by atoms with van der Waals surface area (Å²) in [7, 11) is 0. The first-order valence-corrected chi connectivity index (χ1v) is 8.21. The molecular formula is C16H34O3. The fourth-order valence-electron chi connectivity index (χ4n) is 2.37. The molecule has 3 nitrogen and oxygen atoms in total. The second-order valence-electron chi connectivity index (χ2n) is 5.57. The highest BCUT2D eigenvalue weighted by Crippen LogP contribution is 2.13. The summed E-state index contributed by atoms with van der Waals surface area (Å²) in [4.78, 5) is 0. The van der Waals surface area contributed by atoms with Gasteiger partial charge in [-0.2, -0.15) is 0 Å². The monoisotopic (exact) mass is 274 g/mol. The number of aliphatic hydroxyl groups excluding tert-OH is 3. The van der Waals surface area contributed by atoms with Crippen LogP contribution in [0, 0.1) is 0 Å². The second-order valence-corrected chi connectivity index (χ2v) is 5.57. The van der Waals surface area contributed by atoms with Crippen LogP contribution in [0.1, 0.15) is 83.5 Å². The molecule has 0 rings (SSSR count). The lowest BCUT2D eigenvalue weighted by Crippen LogP contribution is -2.05. The van der Waals surface area contributed by atoms with Crippen LogP contribution in [0.3, 0.4) is 0 Å². The van der Waals surface area contributed by atoms with Crippen LogP contribution in [0.15, 0.2) is 0 Å². The molecule has 0 fully saturated rings. The van der Waals surface area contributed by atoms with Crippen LogP contribution in [-0.4, -0.2) is 34.6 Å². The van der Waals surface area contributed by atoms with Gasteiger partial charge in [0.1, 0.15) is 0 Å². The molecule has 0 aromatic heterocycles. The van der Waals surface area contributed by atoms with Crippen molar-refractivity contribution in [2.24, 2.45) is 0 Å². The molecule has 1 atom stereocenters. The molecule has 0 saturated carbocycles. The first-order chi connectivity index (χ1) is 9.31. The molecule has 3 heteroatoms. The summed E-state index contributed by atoms with van der Waals surface area (Å²) >= 11 is 0. The summed E-state index contributed by atoms with van der Waals surface area (Å²) in [6, 6.07) is 0. The minimum atomic E-state index is -0.115. The van der Waals surface area contributed by atoms with Gasteiger partial charge < -0.3 is 15.3 Å². The minimum absolute atomic E-state index is 0.115. The maximum atomic E-state index is 9.82. The third-order valence-electron chi connectivity index (χ3n) is 3.64. The molecule has 1 unspecified atom stereocenters. The molecular weight excluding hydrogens is 240 g/mol. The number of aliphatic hydroxyl groups is 3. The third kappa shape index (κ3) is 15.8. The van der Waals surface area contributed by atoms with E-state index in [1.165, 1.54) is 32.1 Å².